The van der Waals surface area contributed by atoms with Gasteiger partial charge in [0.1, 0.15) is 0 Å². The molecule has 4 N–H and O–H groups in total. The van der Waals surface area contributed by atoms with Crippen LogP contribution in [0.5, 0.6) is 0 Å². The molecule has 0 radical (unpaired) electrons. The Bertz CT molecular complexity index is 2490. The van der Waals surface area contributed by atoms with Crippen molar-refractivity contribution in [3.8, 4) is 20.9 Å². The Morgan fingerprint density at radius 1 is 0.641 bits per heavy atom. The number of carbonyl (C=O) groups excluding carboxylic acids is 4. The van der Waals surface area contributed by atoms with Gasteiger partial charge in [0, 0.05) is 63.5 Å². The van der Waals surface area contributed by atoms with E-state index in [1.807, 2.05) is 34.3 Å². The van der Waals surface area contributed by atoms with Crippen LogP contribution in [0.3, 0.4) is 0 Å². The number of amides is 4. The fraction of sp³-hybridized carbons (Fsp3) is 0.362. The van der Waals surface area contributed by atoms with Crippen LogP contribution in [0.4, 0.5) is 10.0 Å². The first-order chi connectivity index (χ1) is 31.2. The first kappa shape index (κ1) is 42.8. The van der Waals surface area contributed by atoms with Crippen molar-refractivity contribution in [1.29, 1.82) is 0 Å². The van der Waals surface area contributed by atoms with Crippen LogP contribution < -0.4 is 21.3 Å². The molecule has 4 amide bonds. The summed E-state index contributed by atoms with van der Waals surface area (Å²) in [6.45, 7) is 5.83. The Labute approximate surface area is 387 Å². The van der Waals surface area contributed by atoms with Gasteiger partial charge in [0.2, 0.25) is 11.8 Å². The van der Waals surface area contributed by atoms with Crippen LogP contribution in [0.2, 0.25) is 0 Å². The molecule has 330 valence electrons. The monoisotopic (exact) mass is 931 g/mol. The van der Waals surface area contributed by atoms with Crippen LogP contribution >= 0.6 is 45.3 Å². The summed E-state index contributed by atoms with van der Waals surface area (Å²) in [5.74, 6) is 0.347. The lowest BCUT2D eigenvalue weighted by Gasteiger charge is -2.37. The summed E-state index contributed by atoms with van der Waals surface area (Å²) in [6, 6.07) is 24.2. The summed E-state index contributed by atoms with van der Waals surface area (Å²) < 4.78 is 0. The third kappa shape index (κ3) is 9.47. The highest BCUT2D eigenvalue weighted by Crippen LogP contribution is 2.38. The van der Waals surface area contributed by atoms with Gasteiger partial charge in [-0.3, -0.25) is 24.1 Å². The highest BCUT2D eigenvalue weighted by Gasteiger charge is 2.36. The molecule has 0 bridgehead atoms. The fourth-order valence-corrected chi connectivity index (χ4v) is 12.5. The summed E-state index contributed by atoms with van der Waals surface area (Å²) in [5.41, 5.74) is 4.73. The number of aromatic nitrogens is 2. The molecule has 17 heteroatoms. The third-order valence-electron chi connectivity index (χ3n) is 12.3. The average molecular weight is 932 g/mol. The third-order valence-corrected chi connectivity index (χ3v) is 16.7. The van der Waals surface area contributed by atoms with Crippen molar-refractivity contribution in [2.45, 2.75) is 62.7 Å². The minimum Gasteiger partial charge on any atom is -0.336 e. The molecule has 4 aliphatic heterocycles. The molecular formula is C47H49N9O4S4. The molecule has 0 unspecified atom stereocenters. The second-order valence-corrected chi connectivity index (χ2v) is 21.4. The maximum atomic E-state index is 13.2. The summed E-state index contributed by atoms with van der Waals surface area (Å²) in [4.78, 5) is 70.5. The SMILES string of the molecule is CN(Cc1cccc(-c2cnc(C3CN(C(=O)c4ccc(NC(=O)[C@@H]5CCCN5)s4)C3)s2)c1)Cc1cccc(-c2cnc(C3CN(C(=O)c4ccc(NC(=O)[C@@H]5CCCN5)s4)C3)s2)c1. The minimum absolute atomic E-state index is 0.00269. The summed E-state index contributed by atoms with van der Waals surface area (Å²) in [6.07, 6.45) is 7.59. The van der Waals surface area contributed by atoms with E-state index in [1.54, 1.807) is 34.8 Å². The predicted octanol–water partition coefficient (Wildman–Crippen LogP) is 7.55. The number of hydrogen-bond donors (Lipinski definition) is 4. The van der Waals surface area contributed by atoms with E-state index in [-0.39, 0.29) is 47.5 Å². The Balaban J connectivity index is 0.686. The number of carbonyl (C=O) groups is 4. The van der Waals surface area contributed by atoms with E-state index in [2.05, 4.69) is 81.7 Å². The van der Waals surface area contributed by atoms with Gasteiger partial charge < -0.3 is 31.1 Å². The van der Waals surface area contributed by atoms with Gasteiger partial charge in [0.05, 0.1) is 51.6 Å². The minimum atomic E-state index is -0.158. The largest absolute Gasteiger partial charge is 0.336 e. The molecule has 13 nitrogen and oxygen atoms in total. The zero-order valence-corrected chi connectivity index (χ0v) is 38.6. The highest BCUT2D eigenvalue weighted by atomic mass is 32.1. The Morgan fingerprint density at radius 2 is 1.09 bits per heavy atom. The van der Waals surface area contributed by atoms with E-state index in [0.717, 1.165) is 82.8 Å². The summed E-state index contributed by atoms with van der Waals surface area (Å²) >= 11 is 6.06. The number of benzene rings is 2. The van der Waals surface area contributed by atoms with Crippen LogP contribution in [0.15, 0.2) is 85.2 Å². The van der Waals surface area contributed by atoms with Gasteiger partial charge in [-0.15, -0.1) is 45.3 Å². The van der Waals surface area contributed by atoms with Crippen molar-refractivity contribution < 1.29 is 19.2 Å². The molecular weight excluding hydrogens is 883 g/mol. The first-order valence-electron chi connectivity index (χ1n) is 21.8. The fourth-order valence-electron chi connectivity index (χ4n) is 8.73. The van der Waals surface area contributed by atoms with Gasteiger partial charge >= 0.3 is 0 Å². The molecule has 4 aliphatic rings. The number of rotatable bonds is 14. The number of nitrogens with one attached hydrogen (secondary N) is 4. The molecule has 8 heterocycles. The standard InChI is InChI=1S/C47H49N9O4S4/c1-54(22-28-6-2-8-30(18-28)38-20-50-44(63-38)32-24-55(25-32)46(59)36-12-14-40(61-36)52-42(57)34-10-4-16-48-34)23-29-7-3-9-31(19-29)39-21-51-45(64-39)33-26-56(27-33)47(60)37-13-15-41(62-37)53-43(58)35-11-5-17-49-35/h2-3,6-9,12-15,18-21,32-35,48-49H,4-5,10-11,16-17,22-27H2,1H3,(H,52,57)(H,53,58)/t34-,35-/m0/s1. The van der Waals surface area contributed by atoms with Crippen LogP contribution in [0, 0.1) is 0 Å². The van der Waals surface area contributed by atoms with Crippen molar-refractivity contribution in [1.82, 2.24) is 35.3 Å². The lowest BCUT2D eigenvalue weighted by atomic mass is 10.0. The van der Waals surface area contributed by atoms with E-state index < -0.39 is 0 Å². The topological polar surface area (TPSA) is 152 Å². The lowest BCUT2D eigenvalue weighted by Crippen LogP contribution is -2.48. The molecule has 10 rings (SSSR count). The number of hydrogen-bond acceptors (Lipinski definition) is 13. The van der Waals surface area contributed by atoms with Gasteiger partial charge in [-0.2, -0.15) is 0 Å². The molecule has 4 fully saturated rings. The highest BCUT2D eigenvalue weighted by molar-refractivity contribution is 7.18. The number of nitrogens with zero attached hydrogens (tertiary/aromatic N) is 5. The van der Waals surface area contributed by atoms with E-state index in [9.17, 15) is 19.2 Å². The van der Waals surface area contributed by atoms with Gasteiger partial charge in [-0.1, -0.05) is 36.4 Å². The van der Waals surface area contributed by atoms with E-state index in [0.29, 0.717) is 45.9 Å². The summed E-state index contributed by atoms with van der Waals surface area (Å²) in [7, 11) is 2.14. The smallest absolute Gasteiger partial charge is 0.264 e. The average Bonchev–Trinajstić information content (AvgIpc) is 4.12. The van der Waals surface area contributed by atoms with Crippen molar-refractivity contribution in [3.63, 3.8) is 0 Å². The Hall–Kier alpha value is -5.14. The maximum absolute atomic E-state index is 13.2. The van der Waals surface area contributed by atoms with Crippen LogP contribution in [-0.4, -0.2) is 107 Å². The Kier molecular flexibility index (Phi) is 12.5. The molecule has 4 aromatic heterocycles. The number of likely N-dealkylation sites (tertiary alicyclic amines) is 2. The van der Waals surface area contributed by atoms with Gasteiger partial charge in [0.25, 0.3) is 11.8 Å². The normalized spacial score (nSPS) is 18.9. The zero-order chi connectivity index (χ0) is 43.7. The van der Waals surface area contributed by atoms with Gasteiger partial charge in [-0.25, -0.2) is 9.97 Å². The quantitative estimate of drug-likeness (QED) is 0.0869. The molecule has 64 heavy (non-hydrogen) atoms. The molecule has 4 saturated heterocycles. The van der Waals surface area contributed by atoms with E-state index >= 15 is 0 Å². The van der Waals surface area contributed by atoms with E-state index in [1.165, 1.54) is 33.8 Å². The molecule has 6 aromatic rings. The van der Waals surface area contributed by atoms with Crippen LogP contribution in [0.1, 0.15) is 78.0 Å². The second kappa shape index (κ2) is 18.8. The van der Waals surface area contributed by atoms with E-state index in [4.69, 9.17) is 9.97 Å². The number of thiophene rings is 2. The van der Waals surface area contributed by atoms with Crippen molar-refractivity contribution in [2.75, 3.05) is 56.9 Å². The van der Waals surface area contributed by atoms with Crippen LogP contribution in [0.25, 0.3) is 20.9 Å². The summed E-state index contributed by atoms with van der Waals surface area (Å²) in [5, 5.41) is 15.8. The van der Waals surface area contributed by atoms with Crippen molar-refractivity contribution in [2.24, 2.45) is 0 Å². The molecule has 2 atom stereocenters. The maximum Gasteiger partial charge on any atom is 0.264 e. The predicted molar refractivity (Wildman–Crippen MR) is 256 cm³/mol. The molecule has 0 aliphatic carbocycles. The molecule has 0 spiro atoms. The second-order valence-electron chi connectivity index (χ2n) is 17.1. The van der Waals surface area contributed by atoms with Crippen molar-refractivity contribution >= 4 is 79.0 Å². The first-order valence-corrected chi connectivity index (χ1v) is 25.1. The number of anilines is 2. The zero-order valence-electron chi connectivity index (χ0n) is 35.4. The lowest BCUT2D eigenvalue weighted by molar-refractivity contribution is -0.118. The Morgan fingerprint density at radius 3 is 1.52 bits per heavy atom. The molecule has 2 aromatic carbocycles. The molecule has 0 saturated carbocycles. The van der Waals surface area contributed by atoms with Gasteiger partial charge in [-0.05, 0) is 104 Å². The van der Waals surface area contributed by atoms with Crippen LogP contribution in [-0.2, 0) is 22.7 Å². The van der Waals surface area contributed by atoms with Gasteiger partial charge in [0.15, 0.2) is 0 Å². The number of thiazole rings is 2. The van der Waals surface area contributed by atoms with Crippen molar-refractivity contribution in [3.05, 3.63) is 116 Å².